The molecule has 106 valence electrons. The number of aromatic nitrogens is 2. The van der Waals surface area contributed by atoms with Crippen LogP contribution in [0.3, 0.4) is 0 Å². The molecule has 0 amide bonds. The first-order valence-corrected chi connectivity index (χ1v) is 6.29. The molecule has 1 aromatic heterocycles. The summed E-state index contributed by atoms with van der Waals surface area (Å²) in [5, 5.41) is 3.19. The molecule has 0 bridgehead atoms. The molecule has 1 atom stereocenters. The van der Waals surface area contributed by atoms with E-state index < -0.39 is 0 Å². The Morgan fingerprint density at radius 3 is 2.89 bits per heavy atom. The molecule has 1 saturated heterocycles. The molecule has 0 radical (unpaired) electrons. The van der Waals surface area contributed by atoms with Crippen LogP contribution in [0.2, 0.25) is 0 Å². The van der Waals surface area contributed by atoms with E-state index in [2.05, 4.69) is 15.3 Å². The van der Waals surface area contributed by atoms with Crippen LogP contribution in [0, 0.1) is 0 Å². The Labute approximate surface area is 112 Å². The van der Waals surface area contributed by atoms with Gasteiger partial charge in [-0.1, -0.05) is 0 Å². The summed E-state index contributed by atoms with van der Waals surface area (Å²) in [5.41, 5.74) is 6.35. The van der Waals surface area contributed by atoms with Gasteiger partial charge in [-0.2, -0.15) is 4.98 Å². The lowest BCUT2D eigenvalue weighted by Crippen LogP contribution is -2.20. The van der Waals surface area contributed by atoms with Crippen molar-refractivity contribution in [1.29, 1.82) is 0 Å². The highest BCUT2D eigenvalue weighted by atomic mass is 16.5. The van der Waals surface area contributed by atoms with E-state index in [0.29, 0.717) is 36.4 Å². The Morgan fingerprint density at radius 2 is 2.26 bits per heavy atom. The van der Waals surface area contributed by atoms with Crippen molar-refractivity contribution in [3.8, 4) is 5.88 Å². The van der Waals surface area contributed by atoms with Crippen LogP contribution in [0.5, 0.6) is 5.88 Å². The Bertz CT molecular complexity index is 422. The molecule has 1 fully saturated rings. The highest BCUT2D eigenvalue weighted by Gasteiger charge is 2.17. The summed E-state index contributed by atoms with van der Waals surface area (Å²) in [6.45, 7) is 1.81. The second-order valence-corrected chi connectivity index (χ2v) is 4.36. The van der Waals surface area contributed by atoms with Crippen LogP contribution in [-0.2, 0) is 16.1 Å². The molecule has 1 aromatic rings. The number of hydrogen-bond acceptors (Lipinski definition) is 7. The fourth-order valence-corrected chi connectivity index (χ4v) is 1.99. The molecule has 2 heterocycles. The summed E-state index contributed by atoms with van der Waals surface area (Å²) in [5.74, 6) is 1.45. The van der Waals surface area contributed by atoms with Gasteiger partial charge in [0.1, 0.15) is 12.3 Å². The average molecular weight is 268 g/mol. The first-order chi connectivity index (χ1) is 9.24. The Balaban J connectivity index is 2.09. The molecule has 1 unspecified atom stereocenters. The van der Waals surface area contributed by atoms with Crippen LogP contribution in [0.4, 0.5) is 11.5 Å². The van der Waals surface area contributed by atoms with Crippen LogP contribution in [0.15, 0.2) is 0 Å². The fourth-order valence-electron chi connectivity index (χ4n) is 1.99. The van der Waals surface area contributed by atoms with Crippen LogP contribution >= 0.6 is 0 Å². The lowest BCUT2D eigenvalue weighted by molar-refractivity contribution is 0.120. The van der Waals surface area contributed by atoms with Gasteiger partial charge in [0.15, 0.2) is 11.6 Å². The number of rotatable bonds is 6. The third kappa shape index (κ3) is 3.45. The summed E-state index contributed by atoms with van der Waals surface area (Å²) >= 11 is 0. The minimum atomic E-state index is 0.214. The molecular formula is C12H20N4O3. The molecule has 1 aliphatic heterocycles. The zero-order valence-corrected chi connectivity index (χ0v) is 11.3. The van der Waals surface area contributed by atoms with Gasteiger partial charge < -0.3 is 25.3 Å². The summed E-state index contributed by atoms with van der Waals surface area (Å²) in [4.78, 5) is 8.49. The maximum Gasteiger partial charge on any atom is 0.242 e. The molecule has 3 N–H and O–H groups in total. The smallest absolute Gasteiger partial charge is 0.242 e. The quantitative estimate of drug-likeness (QED) is 0.788. The van der Waals surface area contributed by atoms with E-state index in [1.165, 1.54) is 7.11 Å². The van der Waals surface area contributed by atoms with E-state index >= 15 is 0 Å². The minimum Gasteiger partial charge on any atom is -0.479 e. The third-order valence-corrected chi connectivity index (χ3v) is 2.94. The molecule has 0 aromatic carbocycles. The first kappa shape index (κ1) is 13.8. The van der Waals surface area contributed by atoms with Gasteiger partial charge in [0, 0.05) is 20.3 Å². The molecule has 7 heteroatoms. The maximum absolute atomic E-state index is 5.95. The summed E-state index contributed by atoms with van der Waals surface area (Å²) < 4.78 is 15.7. The molecule has 0 aliphatic carbocycles. The van der Waals surface area contributed by atoms with Crippen molar-refractivity contribution in [2.24, 2.45) is 0 Å². The van der Waals surface area contributed by atoms with Gasteiger partial charge in [0.05, 0.1) is 13.2 Å². The second kappa shape index (κ2) is 6.53. The van der Waals surface area contributed by atoms with E-state index in [0.717, 1.165) is 19.4 Å². The predicted molar refractivity (Wildman–Crippen MR) is 71.2 cm³/mol. The van der Waals surface area contributed by atoms with E-state index in [1.807, 2.05) is 0 Å². The van der Waals surface area contributed by atoms with Crippen molar-refractivity contribution < 1.29 is 14.2 Å². The van der Waals surface area contributed by atoms with Crippen molar-refractivity contribution >= 4 is 11.5 Å². The maximum atomic E-state index is 5.95. The fraction of sp³-hybridized carbons (Fsp3) is 0.667. The number of methoxy groups -OCH3 is 2. The van der Waals surface area contributed by atoms with Gasteiger partial charge in [-0.15, -0.1) is 0 Å². The Morgan fingerprint density at radius 1 is 1.42 bits per heavy atom. The summed E-state index contributed by atoms with van der Waals surface area (Å²) in [7, 11) is 3.12. The van der Waals surface area contributed by atoms with Crippen molar-refractivity contribution in [2.45, 2.75) is 25.6 Å². The van der Waals surface area contributed by atoms with Gasteiger partial charge in [-0.25, -0.2) is 4.98 Å². The highest BCUT2D eigenvalue weighted by Crippen LogP contribution is 2.26. The number of nitrogens with zero attached hydrogens (tertiary/aromatic N) is 2. The van der Waals surface area contributed by atoms with E-state index in [-0.39, 0.29) is 6.10 Å². The Kier molecular flexibility index (Phi) is 4.75. The largest absolute Gasteiger partial charge is 0.479 e. The van der Waals surface area contributed by atoms with Gasteiger partial charge in [0.2, 0.25) is 5.88 Å². The first-order valence-electron chi connectivity index (χ1n) is 6.29. The third-order valence-electron chi connectivity index (χ3n) is 2.94. The second-order valence-electron chi connectivity index (χ2n) is 4.36. The lowest BCUT2D eigenvalue weighted by atomic mass is 10.2. The molecule has 7 nitrogen and oxygen atoms in total. The molecule has 1 aliphatic rings. The van der Waals surface area contributed by atoms with Gasteiger partial charge >= 0.3 is 0 Å². The Hall–Kier alpha value is -1.60. The summed E-state index contributed by atoms with van der Waals surface area (Å²) in [6, 6.07) is 0. The molecule has 0 saturated carbocycles. The molecular weight excluding hydrogens is 248 g/mol. The standard InChI is InChI=1S/C12H20N4O3/c1-17-7-9-15-11(10(13)12(16-9)18-2)14-6-8-4-3-5-19-8/h8H,3-7,13H2,1-2H3,(H,14,15,16). The number of hydrogen-bond donors (Lipinski definition) is 2. The average Bonchev–Trinajstić information content (AvgIpc) is 2.92. The minimum absolute atomic E-state index is 0.214. The number of nitrogens with two attached hydrogens (primary N) is 1. The van der Waals surface area contributed by atoms with E-state index in [9.17, 15) is 0 Å². The monoisotopic (exact) mass is 268 g/mol. The van der Waals surface area contributed by atoms with Crippen LogP contribution in [-0.4, -0.2) is 43.4 Å². The van der Waals surface area contributed by atoms with Crippen molar-refractivity contribution in [2.75, 3.05) is 38.4 Å². The SMILES string of the molecule is COCc1nc(NCC2CCCO2)c(N)c(OC)n1. The van der Waals surface area contributed by atoms with Gasteiger partial charge in [0.25, 0.3) is 0 Å². The zero-order valence-electron chi connectivity index (χ0n) is 11.3. The molecule has 2 rings (SSSR count). The summed E-state index contributed by atoms with van der Waals surface area (Å²) in [6.07, 6.45) is 2.37. The molecule has 0 spiro atoms. The topological polar surface area (TPSA) is 91.5 Å². The van der Waals surface area contributed by atoms with Crippen molar-refractivity contribution in [3.05, 3.63) is 5.82 Å². The highest BCUT2D eigenvalue weighted by molar-refractivity contribution is 5.66. The van der Waals surface area contributed by atoms with Crippen LogP contribution < -0.4 is 15.8 Å². The number of anilines is 2. The van der Waals surface area contributed by atoms with E-state index in [4.69, 9.17) is 19.9 Å². The number of ether oxygens (including phenoxy) is 3. The predicted octanol–water partition coefficient (Wildman–Crippen LogP) is 0.805. The van der Waals surface area contributed by atoms with Gasteiger partial charge in [-0.3, -0.25) is 0 Å². The zero-order chi connectivity index (χ0) is 13.7. The number of nitrogens with one attached hydrogen (secondary N) is 1. The normalized spacial score (nSPS) is 18.5. The number of nitrogen functional groups attached to an aromatic ring is 1. The van der Waals surface area contributed by atoms with Crippen LogP contribution in [0.1, 0.15) is 18.7 Å². The van der Waals surface area contributed by atoms with Crippen molar-refractivity contribution in [3.63, 3.8) is 0 Å². The van der Waals surface area contributed by atoms with Gasteiger partial charge in [-0.05, 0) is 12.8 Å². The van der Waals surface area contributed by atoms with Crippen LogP contribution in [0.25, 0.3) is 0 Å². The van der Waals surface area contributed by atoms with E-state index in [1.54, 1.807) is 7.11 Å². The molecule has 19 heavy (non-hydrogen) atoms. The lowest BCUT2D eigenvalue weighted by Gasteiger charge is -2.15. The van der Waals surface area contributed by atoms with Crippen molar-refractivity contribution in [1.82, 2.24) is 9.97 Å².